The van der Waals surface area contributed by atoms with Crippen molar-refractivity contribution < 1.29 is 14.3 Å². The summed E-state index contributed by atoms with van der Waals surface area (Å²) in [5.74, 6) is -0.371. The number of benzene rings is 1. The quantitative estimate of drug-likeness (QED) is 0.363. The van der Waals surface area contributed by atoms with Crippen LogP contribution in [0.1, 0.15) is 34.9 Å². The number of esters is 1. The molecule has 1 aromatic rings. The molecule has 0 N–H and O–H groups in total. The van der Waals surface area contributed by atoms with Crippen molar-refractivity contribution in [3.8, 4) is 0 Å². The van der Waals surface area contributed by atoms with Crippen LogP contribution in [0.3, 0.4) is 0 Å². The minimum atomic E-state index is -0.371. The third-order valence-corrected chi connectivity index (χ3v) is 3.15. The molecule has 1 aliphatic heterocycles. The molecule has 0 bridgehead atoms. The molecule has 6 nitrogen and oxygen atoms in total. The molecule has 19 heavy (non-hydrogen) atoms. The van der Waals surface area contributed by atoms with Crippen molar-refractivity contribution in [2.45, 2.75) is 25.0 Å². The van der Waals surface area contributed by atoms with E-state index in [0.717, 1.165) is 12.0 Å². The van der Waals surface area contributed by atoms with E-state index >= 15 is 0 Å². The Hall–Kier alpha value is -2.04. The molecule has 2 atom stereocenters. The molecule has 1 aromatic carbocycles. The second-order valence-electron chi connectivity index (χ2n) is 4.36. The molecule has 2 rings (SSSR count). The van der Waals surface area contributed by atoms with Gasteiger partial charge in [0.15, 0.2) is 0 Å². The maximum atomic E-state index is 11.5. The number of ether oxygens (including phenoxy) is 2. The first-order chi connectivity index (χ1) is 9.24. The van der Waals surface area contributed by atoms with Crippen molar-refractivity contribution in [3.05, 3.63) is 45.8 Å². The van der Waals surface area contributed by atoms with E-state index in [1.807, 2.05) is 6.07 Å². The van der Waals surface area contributed by atoms with Gasteiger partial charge < -0.3 is 9.47 Å². The first-order valence-corrected chi connectivity index (χ1v) is 6.08. The Bertz CT molecular complexity index is 512. The van der Waals surface area contributed by atoms with Crippen LogP contribution in [0.2, 0.25) is 0 Å². The van der Waals surface area contributed by atoms with Crippen molar-refractivity contribution in [1.82, 2.24) is 0 Å². The topological polar surface area (TPSA) is 84.3 Å². The number of carbonyl (C=O) groups is 1. The standard InChI is InChI=1S/C13H15N3O3/c1-18-13(17)10-4-2-3-9(7-10)12-8-11(15-16-14)5-6-19-12/h2-4,7,11-12H,5-6,8H2,1H3/t11-,12-/m1/s1. The summed E-state index contributed by atoms with van der Waals surface area (Å²) in [7, 11) is 1.35. The van der Waals surface area contributed by atoms with Gasteiger partial charge in [0.1, 0.15) is 0 Å². The Kier molecular flexibility index (Phi) is 4.39. The van der Waals surface area contributed by atoms with Crippen molar-refractivity contribution >= 4 is 5.97 Å². The van der Waals surface area contributed by atoms with Gasteiger partial charge in [-0.25, -0.2) is 4.79 Å². The molecule has 0 aromatic heterocycles. The smallest absolute Gasteiger partial charge is 0.337 e. The van der Waals surface area contributed by atoms with Crippen LogP contribution in [0, 0.1) is 0 Å². The van der Waals surface area contributed by atoms with E-state index in [4.69, 9.17) is 15.0 Å². The SMILES string of the molecule is COC(=O)c1cccc([C@H]2C[C@H](N=[N+]=[N-])CCO2)c1. The van der Waals surface area contributed by atoms with E-state index in [-0.39, 0.29) is 18.1 Å². The molecule has 0 aliphatic carbocycles. The highest BCUT2D eigenvalue weighted by atomic mass is 16.5. The Morgan fingerprint density at radius 1 is 1.58 bits per heavy atom. The first kappa shape index (κ1) is 13.4. The maximum Gasteiger partial charge on any atom is 0.337 e. The van der Waals surface area contributed by atoms with Crippen LogP contribution in [0.5, 0.6) is 0 Å². The summed E-state index contributed by atoms with van der Waals surface area (Å²) in [6.45, 7) is 0.552. The first-order valence-electron chi connectivity index (χ1n) is 6.08. The molecular formula is C13H15N3O3. The number of nitrogens with zero attached hydrogens (tertiary/aromatic N) is 3. The summed E-state index contributed by atoms with van der Waals surface area (Å²) in [5, 5.41) is 3.74. The summed E-state index contributed by atoms with van der Waals surface area (Å²) in [6, 6.07) is 7.10. The fraction of sp³-hybridized carbons (Fsp3) is 0.462. The van der Waals surface area contributed by atoms with Crippen LogP contribution in [-0.2, 0) is 9.47 Å². The van der Waals surface area contributed by atoms with Gasteiger partial charge in [-0.1, -0.05) is 17.2 Å². The number of methoxy groups -OCH3 is 1. The van der Waals surface area contributed by atoms with E-state index in [2.05, 4.69) is 10.0 Å². The lowest BCUT2D eigenvalue weighted by atomic mass is 9.97. The van der Waals surface area contributed by atoms with E-state index in [0.29, 0.717) is 18.6 Å². The fourth-order valence-corrected chi connectivity index (χ4v) is 2.17. The van der Waals surface area contributed by atoms with Gasteiger partial charge in [0.05, 0.1) is 18.8 Å². The molecule has 0 spiro atoms. The lowest BCUT2D eigenvalue weighted by Gasteiger charge is -2.27. The molecule has 1 fully saturated rings. The number of carbonyl (C=O) groups excluding carboxylic acids is 1. The second-order valence-corrected chi connectivity index (χ2v) is 4.36. The monoisotopic (exact) mass is 261 g/mol. The number of hydrogen-bond donors (Lipinski definition) is 0. The molecule has 6 heteroatoms. The predicted molar refractivity (Wildman–Crippen MR) is 68.6 cm³/mol. The van der Waals surface area contributed by atoms with Gasteiger partial charge in [-0.2, -0.15) is 0 Å². The van der Waals surface area contributed by atoms with Crippen LogP contribution >= 0.6 is 0 Å². The predicted octanol–water partition coefficient (Wildman–Crippen LogP) is 3.00. The summed E-state index contributed by atoms with van der Waals surface area (Å²) in [4.78, 5) is 14.3. The van der Waals surface area contributed by atoms with Crippen molar-refractivity contribution in [3.63, 3.8) is 0 Å². The number of hydrogen-bond acceptors (Lipinski definition) is 4. The zero-order valence-corrected chi connectivity index (χ0v) is 10.7. The normalized spacial score (nSPS) is 22.4. The Morgan fingerprint density at radius 2 is 2.42 bits per heavy atom. The molecule has 0 saturated carbocycles. The molecule has 1 saturated heterocycles. The molecule has 0 radical (unpaired) electrons. The number of azide groups is 1. The van der Waals surface area contributed by atoms with Gasteiger partial charge in [-0.05, 0) is 36.1 Å². The largest absolute Gasteiger partial charge is 0.465 e. The number of rotatable bonds is 3. The van der Waals surface area contributed by atoms with Gasteiger partial charge in [-0.15, -0.1) is 0 Å². The molecule has 1 heterocycles. The summed E-state index contributed by atoms with van der Waals surface area (Å²) >= 11 is 0. The highest BCUT2D eigenvalue weighted by Crippen LogP contribution is 2.30. The Morgan fingerprint density at radius 3 is 3.16 bits per heavy atom. The van der Waals surface area contributed by atoms with E-state index < -0.39 is 0 Å². The lowest BCUT2D eigenvalue weighted by Crippen LogP contribution is -2.22. The van der Waals surface area contributed by atoms with Gasteiger partial charge >= 0.3 is 5.97 Å². The summed E-state index contributed by atoms with van der Waals surface area (Å²) in [5.41, 5.74) is 9.88. The van der Waals surface area contributed by atoms with Crippen molar-refractivity contribution in [1.29, 1.82) is 0 Å². The minimum absolute atomic E-state index is 0.0504. The van der Waals surface area contributed by atoms with E-state index in [1.165, 1.54) is 7.11 Å². The zero-order valence-electron chi connectivity index (χ0n) is 10.7. The maximum absolute atomic E-state index is 11.5. The van der Waals surface area contributed by atoms with Crippen LogP contribution in [0.4, 0.5) is 0 Å². The van der Waals surface area contributed by atoms with E-state index in [9.17, 15) is 4.79 Å². The molecule has 100 valence electrons. The summed E-state index contributed by atoms with van der Waals surface area (Å²) in [6.07, 6.45) is 1.22. The van der Waals surface area contributed by atoms with Gasteiger partial charge in [0.25, 0.3) is 0 Å². The minimum Gasteiger partial charge on any atom is -0.465 e. The van der Waals surface area contributed by atoms with Crippen LogP contribution < -0.4 is 0 Å². The fourth-order valence-electron chi connectivity index (χ4n) is 2.17. The lowest BCUT2D eigenvalue weighted by molar-refractivity contribution is 0.00669. The van der Waals surface area contributed by atoms with Crippen LogP contribution in [0.25, 0.3) is 10.4 Å². The van der Waals surface area contributed by atoms with Gasteiger partial charge in [-0.3, -0.25) is 0 Å². The second kappa shape index (κ2) is 6.22. The van der Waals surface area contributed by atoms with Crippen LogP contribution in [0.15, 0.2) is 29.4 Å². The zero-order chi connectivity index (χ0) is 13.7. The molecular weight excluding hydrogens is 246 g/mol. The highest BCUT2D eigenvalue weighted by molar-refractivity contribution is 5.89. The van der Waals surface area contributed by atoms with E-state index in [1.54, 1.807) is 18.2 Å². The van der Waals surface area contributed by atoms with Crippen molar-refractivity contribution in [2.75, 3.05) is 13.7 Å². The molecule has 0 amide bonds. The highest BCUT2D eigenvalue weighted by Gasteiger charge is 2.23. The average Bonchev–Trinajstić information content (AvgIpc) is 2.47. The summed E-state index contributed by atoms with van der Waals surface area (Å²) < 4.78 is 10.4. The Labute approximate surface area is 111 Å². The molecule has 0 unspecified atom stereocenters. The third kappa shape index (κ3) is 3.24. The van der Waals surface area contributed by atoms with Gasteiger partial charge in [0, 0.05) is 17.6 Å². The Balaban J connectivity index is 2.17. The van der Waals surface area contributed by atoms with Crippen LogP contribution in [-0.4, -0.2) is 25.7 Å². The third-order valence-electron chi connectivity index (χ3n) is 3.15. The van der Waals surface area contributed by atoms with Crippen molar-refractivity contribution in [2.24, 2.45) is 5.11 Å². The average molecular weight is 261 g/mol. The van der Waals surface area contributed by atoms with Gasteiger partial charge in [0.2, 0.25) is 0 Å². The molecule has 1 aliphatic rings.